The molecule has 0 saturated carbocycles. The summed E-state index contributed by atoms with van der Waals surface area (Å²) in [6, 6.07) is 5.04. The molecule has 1 heterocycles. The van der Waals surface area contributed by atoms with Crippen molar-refractivity contribution in [3.05, 3.63) is 29.6 Å². The summed E-state index contributed by atoms with van der Waals surface area (Å²) in [7, 11) is 1.45. The molecule has 1 aromatic carbocycles. The van der Waals surface area contributed by atoms with Gasteiger partial charge >= 0.3 is 5.97 Å². The van der Waals surface area contributed by atoms with Crippen LogP contribution in [0, 0.1) is 11.7 Å². The number of halogens is 1. The number of carbonyl (C=O) groups is 1. The van der Waals surface area contributed by atoms with Gasteiger partial charge in [-0.15, -0.1) is 0 Å². The molecule has 2 rings (SSSR count). The second kappa shape index (κ2) is 7.41. The third-order valence-electron chi connectivity index (χ3n) is 3.99. The van der Waals surface area contributed by atoms with Crippen LogP contribution in [0.1, 0.15) is 31.2 Å². The lowest BCUT2D eigenvalue weighted by Crippen LogP contribution is -2.35. The summed E-state index contributed by atoms with van der Waals surface area (Å²) >= 11 is 0. The molecule has 0 spiro atoms. The van der Waals surface area contributed by atoms with Crippen LogP contribution in [-0.2, 0) is 11.3 Å². The van der Waals surface area contributed by atoms with E-state index in [0.29, 0.717) is 12.5 Å². The van der Waals surface area contributed by atoms with E-state index in [9.17, 15) is 9.18 Å². The van der Waals surface area contributed by atoms with E-state index in [1.807, 2.05) is 6.07 Å². The van der Waals surface area contributed by atoms with Crippen LogP contribution in [0.2, 0.25) is 0 Å². The monoisotopic (exact) mass is 295 g/mol. The quantitative estimate of drug-likeness (QED) is 0.876. The second-order valence-corrected chi connectivity index (χ2v) is 5.64. The topological polar surface area (TPSA) is 49.8 Å². The number of ether oxygens (including phenoxy) is 1. The minimum absolute atomic E-state index is 0.232. The summed E-state index contributed by atoms with van der Waals surface area (Å²) in [6.45, 7) is 2.57. The van der Waals surface area contributed by atoms with E-state index in [1.165, 1.54) is 13.2 Å². The van der Waals surface area contributed by atoms with Gasteiger partial charge in [-0.2, -0.15) is 0 Å². The SMILES string of the molecule is COc1ccc(CN2CCCC(CCC(=O)O)C2)cc1F. The van der Waals surface area contributed by atoms with Crippen molar-refractivity contribution in [3.8, 4) is 5.75 Å². The average Bonchev–Trinajstić information content (AvgIpc) is 2.46. The fraction of sp³-hybridized carbons (Fsp3) is 0.562. The third kappa shape index (κ3) is 4.70. The van der Waals surface area contributed by atoms with Crippen LogP contribution in [0.4, 0.5) is 4.39 Å². The lowest BCUT2D eigenvalue weighted by atomic mass is 9.93. The van der Waals surface area contributed by atoms with E-state index < -0.39 is 5.97 Å². The number of hydrogen-bond acceptors (Lipinski definition) is 3. The van der Waals surface area contributed by atoms with Gasteiger partial charge < -0.3 is 9.84 Å². The van der Waals surface area contributed by atoms with Gasteiger partial charge in [0.2, 0.25) is 0 Å². The first-order valence-corrected chi connectivity index (χ1v) is 7.35. The van der Waals surface area contributed by atoms with E-state index in [2.05, 4.69) is 4.90 Å². The van der Waals surface area contributed by atoms with Gasteiger partial charge in [0.05, 0.1) is 7.11 Å². The first-order chi connectivity index (χ1) is 10.1. The van der Waals surface area contributed by atoms with E-state index >= 15 is 0 Å². The molecule has 0 bridgehead atoms. The molecular formula is C16H22FNO3. The highest BCUT2D eigenvalue weighted by Crippen LogP contribution is 2.24. The molecule has 1 unspecified atom stereocenters. The van der Waals surface area contributed by atoms with Crippen LogP contribution >= 0.6 is 0 Å². The zero-order valence-corrected chi connectivity index (χ0v) is 12.3. The predicted octanol–water partition coefficient (Wildman–Crippen LogP) is 2.91. The number of carboxylic acid groups (broad SMARTS) is 1. The van der Waals surface area contributed by atoms with Crippen LogP contribution in [0.5, 0.6) is 5.75 Å². The number of methoxy groups -OCH3 is 1. The highest BCUT2D eigenvalue weighted by Gasteiger charge is 2.20. The molecule has 0 radical (unpaired) electrons. The fourth-order valence-corrected chi connectivity index (χ4v) is 2.92. The number of piperidine rings is 1. The Morgan fingerprint density at radius 2 is 2.33 bits per heavy atom. The van der Waals surface area contributed by atoms with Crippen molar-refractivity contribution in [1.29, 1.82) is 0 Å². The Morgan fingerprint density at radius 1 is 1.52 bits per heavy atom. The number of hydrogen-bond donors (Lipinski definition) is 1. The number of rotatable bonds is 6. The zero-order valence-electron chi connectivity index (χ0n) is 12.3. The Hall–Kier alpha value is -1.62. The van der Waals surface area contributed by atoms with Gasteiger partial charge in [-0.1, -0.05) is 6.07 Å². The molecule has 4 nitrogen and oxygen atoms in total. The molecule has 1 aliphatic rings. The fourth-order valence-electron chi connectivity index (χ4n) is 2.92. The summed E-state index contributed by atoms with van der Waals surface area (Å²) in [5.41, 5.74) is 0.923. The molecule has 116 valence electrons. The summed E-state index contributed by atoms with van der Waals surface area (Å²) in [4.78, 5) is 12.9. The van der Waals surface area contributed by atoms with Crippen molar-refractivity contribution in [3.63, 3.8) is 0 Å². The van der Waals surface area contributed by atoms with Crippen molar-refractivity contribution in [1.82, 2.24) is 4.90 Å². The molecule has 5 heteroatoms. The number of nitrogens with zero attached hydrogens (tertiary/aromatic N) is 1. The van der Waals surface area contributed by atoms with E-state index in [1.54, 1.807) is 6.07 Å². The van der Waals surface area contributed by atoms with Crippen LogP contribution in [0.25, 0.3) is 0 Å². The van der Waals surface area contributed by atoms with Crippen molar-refractivity contribution >= 4 is 5.97 Å². The number of benzene rings is 1. The van der Waals surface area contributed by atoms with Crippen molar-refractivity contribution in [2.75, 3.05) is 20.2 Å². The molecule has 21 heavy (non-hydrogen) atoms. The molecule has 1 fully saturated rings. The smallest absolute Gasteiger partial charge is 0.303 e. The molecule has 0 aliphatic carbocycles. The average molecular weight is 295 g/mol. The Bertz CT molecular complexity index is 492. The van der Waals surface area contributed by atoms with E-state index in [4.69, 9.17) is 9.84 Å². The number of likely N-dealkylation sites (tertiary alicyclic amines) is 1. The molecule has 1 aliphatic heterocycles. The first-order valence-electron chi connectivity index (χ1n) is 7.35. The molecule has 1 N–H and O–H groups in total. The van der Waals surface area contributed by atoms with Gasteiger partial charge in [-0.05, 0) is 49.4 Å². The Labute approximate surface area is 124 Å². The van der Waals surface area contributed by atoms with Gasteiger partial charge in [-0.25, -0.2) is 4.39 Å². The standard InChI is InChI=1S/C16H22FNO3/c1-21-15-6-4-13(9-14(15)17)11-18-8-2-3-12(10-18)5-7-16(19)20/h4,6,9,12H,2-3,5,7-8,10-11H2,1H3,(H,19,20). The van der Waals surface area contributed by atoms with Crippen LogP contribution < -0.4 is 4.74 Å². The maximum atomic E-state index is 13.7. The summed E-state index contributed by atoms with van der Waals surface area (Å²) < 4.78 is 18.6. The van der Waals surface area contributed by atoms with E-state index in [-0.39, 0.29) is 18.0 Å². The summed E-state index contributed by atoms with van der Waals surface area (Å²) in [6.07, 6.45) is 3.11. The minimum Gasteiger partial charge on any atom is -0.494 e. The van der Waals surface area contributed by atoms with Gasteiger partial charge in [0.15, 0.2) is 11.6 Å². The molecule has 1 saturated heterocycles. The number of carboxylic acids is 1. The van der Waals surface area contributed by atoms with Gasteiger partial charge in [-0.3, -0.25) is 9.69 Å². The van der Waals surface area contributed by atoms with Crippen molar-refractivity contribution in [2.24, 2.45) is 5.92 Å². The molecular weight excluding hydrogens is 273 g/mol. The Kier molecular flexibility index (Phi) is 5.56. The van der Waals surface area contributed by atoms with Gasteiger partial charge in [0.1, 0.15) is 0 Å². The lowest BCUT2D eigenvalue weighted by Gasteiger charge is -2.32. The molecule has 0 aromatic heterocycles. The van der Waals surface area contributed by atoms with Crippen molar-refractivity contribution < 1.29 is 19.0 Å². The van der Waals surface area contributed by atoms with Gasteiger partial charge in [0.25, 0.3) is 0 Å². The predicted molar refractivity (Wildman–Crippen MR) is 77.8 cm³/mol. The minimum atomic E-state index is -0.732. The summed E-state index contributed by atoms with van der Waals surface area (Å²) in [5.74, 6) is -0.381. The first kappa shape index (κ1) is 15.8. The van der Waals surface area contributed by atoms with Crippen molar-refractivity contribution in [2.45, 2.75) is 32.2 Å². The highest BCUT2D eigenvalue weighted by atomic mass is 19.1. The molecule has 0 amide bonds. The molecule has 1 atom stereocenters. The maximum absolute atomic E-state index is 13.7. The maximum Gasteiger partial charge on any atom is 0.303 e. The summed E-state index contributed by atoms with van der Waals surface area (Å²) in [5, 5.41) is 8.76. The highest BCUT2D eigenvalue weighted by molar-refractivity contribution is 5.66. The Balaban J connectivity index is 1.90. The normalized spacial score (nSPS) is 19.4. The van der Waals surface area contributed by atoms with Gasteiger partial charge in [0, 0.05) is 19.5 Å². The molecule has 1 aromatic rings. The zero-order chi connectivity index (χ0) is 15.2. The Morgan fingerprint density at radius 3 is 3.00 bits per heavy atom. The largest absolute Gasteiger partial charge is 0.494 e. The number of aliphatic carboxylic acids is 1. The lowest BCUT2D eigenvalue weighted by molar-refractivity contribution is -0.137. The third-order valence-corrected chi connectivity index (χ3v) is 3.99. The van der Waals surface area contributed by atoms with Crippen LogP contribution in [0.3, 0.4) is 0 Å². The van der Waals surface area contributed by atoms with E-state index in [0.717, 1.165) is 37.9 Å². The van der Waals surface area contributed by atoms with Crippen LogP contribution in [0.15, 0.2) is 18.2 Å². The van der Waals surface area contributed by atoms with Crippen LogP contribution in [-0.4, -0.2) is 36.2 Å². The second-order valence-electron chi connectivity index (χ2n) is 5.64.